The van der Waals surface area contributed by atoms with E-state index in [-0.39, 0.29) is 0 Å². The number of nitrogens with zero attached hydrogens (tertiary/aromatic N) is 3. The highest BCUT2D eigenvalue weighted by atomic mass is 15.2. The van der Waals surface area contributed by atoms with E-state index in [9.17, 15) is 0 Å². The summed E-state index contributed by atoms with van der Waals surface area (Å²) >= 11 is 0. The number of fused-ring (bicyclic) bond motifs is 1. The minimum Gasteiger partial charge on any atom is -0.371 e. The molecule has 0 aliphatic rings. The highest BCUT2D eigenvalue weighted by Crippen LogP contribution is 2.28. The number of hydrogen-bond acceptors (Lipinski definition) is 4. The van der Waals surface area contributed by atoms with Crippen molar-refractivity contribution in [3.63, 3.8) is 0 Å². The van der Waals surface area contributed by atoms with Crippen molar-refractivity contribution < 1.29 is 0 Å². The first kappa shape index (κ1) is 11.6. The van der Waals surface area contributed by atoms with Gasteiger partial charge < -0.3 is 5.32 Å². The van der Waals surface area contributed by atoms with Gasteiger partial charge in [-0.3, -0.25) is 4.98 Å². The first-order chi connectivity index (χ1) is 9.29. The Hall–Kier alpha value is -2.49. The quantitative estimate of drug-likeness (QED) is 0.759. The molecule has 0 bridgehead atoms. The highest BCUT2D eigenvalue weighted by Gasteiger charge is 2.09. The monoisotopic (exact) mass is 250 g/mol. The fourth-order valence-electron chi connectivity index (χ4n) is 2.11. The molecule has 0 saturated carbocycles. The van der Waals surface area contributed by atoms with E-state index in [4.69, 9.17) is 0 Å². The maximum absolute atomic E-state index is 4.33. The van der Waals surface area contributed by atoms with Crippen LogP contribution in [0.3, 0.4) is 0 Å². The van der Waals surface area contributed by atoms with Crippen LogP contribution in [-0.2, 0) is 0 Å². The predicted molar refractivity (Wildman–Crippen MR) is 77.1 cm³/mol. The van der Waals surface area contributed by atoms with Crippen molar-refractivity contribution in [3.05, 3.63) is 48.3 Å². The van der Waals surface area contributed by atoms with Gasteiger partial charge in [-0.25, -0.2) is 0 Å². The van der Waals surface area contributed by atoms with Crippen LogP contribution in [0.4, 0.5) is 5.82 Å². The lowest BCUT2D eigenvalue weighted by Crippen LogP contribution is -1.98. The Kier molecular flexibility index (Phi) is 2.83. The number of rotatable bonds is 2. The third kappa shape index (κ3) is 2.01. The van der Waals surface area contributed by atoms with Gasteiger partial charge in [-0.05, 0) is 19.1 Å². The predicted octanol–water partition coefficient (Wildman–Crippen LogP) is 3.04. The molecule has 94 valence electrons. The summed E-state index contributed by atoms with van der Waals surface area (Å²) in [5, 5.41) is 13.8. The average Bonchev–Trinajstić information content (AvgIpc) is 2.47. The van der Waals surface area contributed by atoms with E-state index in [2.05, 4.69) is 26.6 Å². The molecule has 0 unspecified atom stereocenters. The van der Waals surface area contributed by atoms with E-state index < -0.39 is 0 Å². The molecule has 0 radical (unpaired) electrons. The van der Waals surface area contributed by atoms with Crippen LogP contribution in [0.25, 0.3) is 22.0 Å². The molecule has 0 atom stereocenters. The summed E-state index contributed by atoms with van der Waals surface area (Å²) in [6.45, 7) is 1.97. The van der Waals surface area contributed by atoms with Gasteiger partial charge in [0.15, 0.2) is 5.82 Å². The van der Waals surface area contributed by atoms with Gasteiger partial charge in [0.05, 0.1) is 0 Å². The second kappa shape index (κ2) is 4.65. The summed E-state index contributed by atoms with van der Waals surface area (Å²) in [6.07, 6.45) is 1.84. The summed E-state index contributed by atoms with van der Waals surface area (Å²) in [6, 6.07) is 12.1. The fraction of sp³-hybridized carbons (Fsp3) is 0.133. The smallest absolute Gasteiger partial charge is 0.156 e. The molecule has 0 amide bonds. The van der Waals surface area contributed by atoms with Crippen molar-refractivity contribution in [1.82, 2.24) is 15.2 Å². The standard InChI is InChI=1S/C15H14N4/c1-10-7-8-11(9-17-10)14-12-5-3-4-6-13(12)15(16-2)19-18-14/h3-9H,1-2H3,(H,16,19). The van der Waals surface area contributed by atoms with Crippen LogP contribution >= 0.6 is 0 Å². The Labute approximate surface area is 111 Å². The topological polar surface area (TPSA) is 50.7 Å². The Bertz CT molecular complexity index is 720. The SMILES string of the molecule is CNc1nnc(-c2ccc(C)nc2)c2ccccc12. The third-order valence-electron chi connectivity index (χ3n) is 3.11. The number of benzene rings is 1. The lowest BCUT2D eigenvalue weighted by atomic mass is 10.1. The molecule has 1 aromatic carbocycles. The summed E-state index contributed by atoms with van der Waals surface area (Å²) < 4.78 is 0. The van der Waals surface area contributed by atoms with E-state index in [1.54, 1.807) is 0 Å². The van der Waals surface area contributed by atoms with E-state index in [1.165, 1.54) is 0 Å². The molecule has 2 aromatic heterocycles. The number of aryl methyl sites for hydroxylation is 1. The summed E-state index contributed by atoms with van der Waals surface area (Å²) in [4.78, 5) is 4.32. The molecule has 2 heterocycles. The van der Waals surface area contributed by atoms with Crippen molar-refractivity contribution in [3.8, 4) is 11.3 Å². The second-order valence-corrected chi connectivity index (χ2v) is 4.38. The zero-order chi connectivity index (χ0) is 13.2. The van der Waals surface area contributed by atoms with Gasteiger partial charge in [-0.15, -0.1) is 10.2 Å². The first-order valence-electron chi connectivity index (χ1n) is 6.16. The number of nitrogens with one attached hydrogen (secondary N) is 1. The van der Waals surface area contributed by atoms with E-state index >= 15 is 0 Å². The number of pyridine rings is 1. The van der Waals surface area contributed by atoms with Crippen LogP contribution in [0.5, 0.6) is 0 Å². The van der Waals surface area contributed by atoms with Crippen LogP contribution in [-0.4, -0.2) is 22.2 Å². The van der Waals surface area contributed by atoms with Crippen molar-refractivity contribution in [2.24, 2.45) is 0 Å². The summed E-state index contributed by atoms with van der Waals surface area (Å²) in [5.41, 5.74) is 2.84. The molecule has 0 aliphatic heterocycles. The van der Waals surface area contributed by atoms with Gasteiger partial charge in [0, 0.05) is 35.3 Å². The molecular formula is C15H14N4. The van der Waals surface area contributed by atoms with Gasteiger partial charge in [-0.2, -0.15) is 0 Å². The van der Waals surface area contributed by atoms with Crippen molar-refractivity contribution in [2.75, 3.05) is 12.4 Å². The van der Waals surface area contributed by atoms with Crippen LogP contribution in [0, 0.1) is 6.92 Å². The molecular weight excluding hydrogens is 236 g/mol. The normalized spacial score (nSPS) is 10.6. The van der Waals surface area contributed by atoms with Gasteiger partial charge in [0.1, 0.15) is 5.69 Å². The molecule has 0 spiro atoms. The third-order valence-corrected chi connectivity index (χ3v) is 3.11. The minimum atomic E-state index is 0.791. The molecule has 3 aromatic rings. The average molecular weight is 250 g/mol. The maximum Gasteiger partial charge on any atom is 0.156 e. The second-order valence-electron chi connectivity index (χ2n) is 4.38. The van der Waals surface area contributed by atoms with Crippen LogP contribution in [0.15, 0.2) is 42.6 Å². The van der Waals surface area contributed by atoms with Crippen molar-refractivity contribution in [1.29, 1.82) is 0 Å². The van der Waals surface area contributed by atoms with Crippen LogP contribution in [0.2, 0.25) is 0 Å². The van der Waals surface area contributed by atoms with Crippen molar-refractivity contribution in [2.45, 2.75) is 6.92 Å². The largest absolute Gasteiger partial charge is 0.371 e. The maximum atomic E-state index is 4.33. The fourth-order valence-corrected chi connectivity index (χ4v) is 2.11. The molecule has 19 heavy (non-hydrogen) atoms. The zero-order valence-electron chi connectivity index (χ0n) is 10.9. The molecule has 4 nitrogen and oxygen atoms in total. The van der Waals surface area contributed by atoms with E-state index in [1.807, 2.05) is 50.5 Å². The van der Waals surface area contributed by atoms with Gasteiger partial charge in [0.25, 0.3) is 0 Å². The zero-order valence-corrected chi connectivity index (χ0v) is 10.9. The van der Waals surface area contributed by atoms with E-state index in [0.29, 0.717) is 0 Å². The number of hydrogen-bond donors (Lipinski definition) is 1. The minimum absolute atomic E-state index is 0.791. The highest BCUT2D eigenvalue weighted by molar-refractivity contribution is 5.99. The summed E-state index contributed by atoms with van der Waals surface area (Å²) in [7, 11) is 1.85. The number of aromatic nitrogens is 3. The lowest BCUT2D eigenvalue weighted by molar-refractivity contribution is 1.05. The molecule has 3 rings (SSSR count). The molecule has 1 N–H and O–H groups in total. The van der Waals surface area contributed by atoms with Gasteiger partial charge in [0.2, 0.25) is 0 Å². The Morgan fingerprint density at radius 1 is 0.947 bits per heavy atom. The number of anilines is 1. The van der Waals surface area contributed by atoms with Crippen molar-refractivity contribution >= 4 is 16.6 Å². The molecule has 0 aliphatic carbocycles. The van der Waals surface area contributed by atoms with E-state index in [0.717, 1.165) is 33.5 Å². The molecule has 0 saturated heterocycles. The Balaban J connectivity index is 2.27. The van der Waals surface area contributed by atoms with Crippen LogP contribution < -0.4 is 5.32 Å². The van der Waals surface area contributed by atoms with Gasteiger partial charge >= 0.3 is 0 Å². The molecule has 4 heteroatoms. The summed E-state index contributed by atoms with van der Waals surface area (Å²) in [5.74, 6) is 0.791. The molecule has 0 fully saturated rings. The van der Waals surface area contributed by atoms with Gasteiger partial charge in [-0.1, -0.05) is 24.3 Å². The first-order valence-corrected chi connectivity index (χ1v) is 6.16. The Morgan fingerprint density at radius 3 is 2.42 bits per heavy atom. The lowest BCUT2D eigenvalue weighted by Gasteiger charge is -2.08. The van der Waals surface area contributed by atoms with Crippen LogP contribution in [0.1, 0.15) is 5.69 Å². The Morgan fingerprint density at radius 2 is 1.74 bits per heavy atom.